The van der Waals surface area contributed by atoms with E-state index in [2.05, 4.69) is 10.3 Å². The van der Waals surface area contributed by atoms with Gasteiger partial charge in [0.1, 0.15) is 5.69 Å². The lowest BCUT2D eigenvalue weighted by molar-refractivity contribution is -0.116. The molecular weight excluding hydrogens is 405 g/mol. The Balaban J connectivity index is 2.10. The van der Waals surface area contributed by atoms with Gasteiger partial charge in [-0.3, -0.25) is 9.59 Å². The monoisotopic (exact) mass is 425 g/mol. The fourth-order valence-corrected chi connectivity index (χ4v) is 3.02. The third kappa shape index (κ3) is 4.85. The van der Waals surface area contributed by atoms with E-state index in [0.717, 1.165) is 0 Å². The molecule has 0 aliphatic heterocycles. The number of hydrogen-bond acceptors (Lipinski definition) is 4. The van der Waals surface area contributed by atoms with Gasteiger partial charge >= 0.3 is 5.97 Å². The Hall–Kier alpha value is -2.51. The number of halogens is 2. The predicted octanol–water partition coefficient (Wildman–Crippen LogP) is 3.83. The van der Waals surface area contributed by atoms with Crippen molar-refractivity contribution in [1.29, 1.82) is 0 Å². The van der Waals surface area contributed by atoms with Gasteiger partial charge in [-0.15, -0.1) is 0 Å². The Morgan fingerprint density at radius 2 is 1.86 bits per heavy atom. The number of ether oxygens (including phenoxy) is 1. The van der Waals surface area contributed by atoms with Crippen LogP contribution in [0.1, 0.15) is 39.0 Å². The van der Waals surface area contributed by atoms with Gasteiger partial charge in [0.25, 0.3) is 5.91 Å². The first-order valence-corrected chi connectivity index (χ1v) is 9.27. The highest BCUT2D eigenvalue weighted by Gasteiger charge is 2.25. The molecule has 0 aliphatic rings. The maximum atomic E-state index is 12.7. The normalized spacial score (nSPS) is 10.5. The van der Waals surface area contributed by atoms with Crippen molar-refractivity contribution in [2.45, 2.75) is 20.8 Å². The number of hydrogen-bond donors (Lipinski definition) is 2. The Labute approximate surface area is 172 Å². The SMILES string of the molecule is CCOC(=O)c1c(C)[nH]c(C(=O)N(C)CC(=O)Nc2ccc(Cl)c(Cl)c2)c1C. The molecular formula is C19H21Cl2N3O4. The molecule has 1 heterocycles. The summed E-state index contributed by atoms with van der Waals surface area (Å²) in [5.74, 6) is -1.31. The van der Waals surface area contributed by atoms with Gasteiger partial charge in [-0.1, -0.05) is 23.2 Å². The quantitative estimate of drug-likeness (QED) is 0.687. The predicted molar refractivity (Wildman–Crippen MR) is 108 cm³/mol. The zero-order chi connectivity index (χ0) is 21.0. The summed E-state index contributed by atoms with van der Waals surface area (Å²) in [5, 5.41) is 3.34. The van der Waals surface area contributed by atoms with Crippen molar-refractivity contribution in [1.82, 2.24) is 9.88 Å². The minimum Gasteiger partial charge on any atom is -0.462 e. The summed E-state index contributed by atoms with van der Waals surface area (Å²) in [4.78, 5) is 41.2. The van der Waals surface area contributed by atoms with Crippen molar-refractivity contribution in [2.75, 3.05) is 25.5 Å². The Morgan fingerprint density at radius 3 is 2.46 bits per heavy atom. The molecule has 2 N–H and O–H groups in total. The summed E-state index contributed by atoms with van der Waals surface area (Å²) in [5.41, 5.74) is 2.06. The summed E-state index contributed by atoms with van der Waals surface area (Å²) in [7, 11) is 1.50. The lowest BCUT2D eigenvalue weighted by Crippen LogP contribution is -2.35. The molecule has 0 fully saturated rings. The molecule has 0 aliphatic carbocycles. The van der Waals surface area contributed by atoms with Gasteiger partial charge in [-0.2, -0.15) is 0 Å². The van der Waals surface area contributed by atoms with Crippen LogP contribution in [-0.2, 0) is 9.53 Å². The van der Waals surface area contributed by atoms with Gasteiger partial charge in [-0.25, -0.2) is 4.79 Å². The van der Waals surface area contributed by atoms with Crippen LogP contribution in [-0.4, -0.2) is 47.9 Å². The van der Waals surface area contributed by atoms with Gasteiger partial charge in [0.05, 0.1) is 28.8 Å². The van der Waals surface area contributed by atoms with E-state index in [1.54, 1.807) is 32.9 Å². The summed E-state index contributed by atoms with van der Waals surface area (Å²) in [6.45, 7) is 5.10. The van der Waals surface area contributed by atoms with E-state index in [1.807, 2.05) is 0 Å². The number of carbonyl (C=O) groups is 3. The van der Waals surface area contributed by atoms with Crippen molar-refractivity contribution < 1.29 is 19.1 Å². The third-order valence-corrected chi connectivity index (χ3v) is 4.80. The molecule has 2 aromatic rings. The highest BCUT2D eigenvalue weighted by atomic mass is 35.5. The molecule has 0 spiro atoms. The number of carbonyl (C=O) groups excluding carboxylic acids is 3. The number of amides is 2. The van der Waals surface area contributed by atoms with Crippen LogP contribution in [0, 0.1) is 13.8 Å². The molecule has 0 saturated heterocycles. The van der Waals surface area contributed by atoms with Gasteiger partial charge in [0.15, 0.2) is 0 Å². The van der Waals surface area contributed by atoms with Crippen LogP contribution >= 0.6 is 23.2 Å². The molecule has 9 heteroatoms. The molecule has 0 radical (unpaired) electrons. The second-order valence-electron chi connectivity index (χ2n) is 6.18. The fourth-order valence-electron chi connectivity index (χ4n) is 2.73. The molecule has 2 rings (SSSR count). The third-order valence-electron chi connectivity index (χ3n) is 4.06. The van der Waals surface area contributed by atoms with Crippen molar-refractivity contribution in [3.05, 3.63) is 50.8 Å². The van der Waals surface area contributed by atoms with E-state index < -0.39 is 17.8 Å². The van der Waals surface area contributed by atoms with Crippen LogP contribution in [0.3, 0.4) is 0 Å². The first-order chi connectivity index (χ1) is 13.1. The van der Waals surface area contributed by atoms with E-state index in [0.29, 0.717) is 32.6 Å². The maximum absolute atomic E-state index is 12.7. The van der Waals surface area contributed by atoms with E-state index >= 15 is 0 Å². The average molecular weight is 426 g/mol. The first kappa shape index (κ1) is 21.8. The highest BCUT2D eigenvalue weighted by molar-refractivity contribution is 6.42. The van der Waals surface area contributed by atoms with Crippen LogP contribution < -0.4 is 5.32 Å². The molecule has 150 valence electrons. The zero-order valence-corrected chi connectivity index (χ0v) is 17.5. The second kappa shape index (κ2) is 9.12. The van der Waals surface area contributed by atoms with E-state index in [9.17, 15) is 14.4 Å². The summed E-state index contributed by atoms with van der Waals surface area (Å²) < 4.78 is 5.02. The van der Waals surface area contributed by atoms with E-state index in [1.165, 1.54) is 18.0 Å². The molecule has 2 amide bonds. The van der Waals surface area contributed by atoms with Gasteiger partial charge in [0.2, 0.25) is 5.91 Å². The van der Waals surface area contributed by atoms with Gasteiger partial charge in [0, 0.05) is 18.4 Å². The maximum Gasteiger partial charge on any atom is 0.340 e. The Kier molecular flexibility index (Phi) is 7.10. The van der Waals surface area contributed by atoms with Crippen molar-refractivity contribution in [3.8, 4) is 0 Å². The lowest BCUT2D eigenvalue weighted by atomic mass is 10.1. The first-order valence-electron chi connectivity index (χ1n) is 8.52. The number of anilines is 1. The van der Waals surface area contributed by atoms with Crippen LogP contribution in [0.5, 0.6) is 0 Å². The number of nitrogens with zero attached hydrogens (tertiary/aromatic N) is 1. The Morgan fingerprint density at radius 1 is 1.18 bits per heavy atom. The zero-order valence-electron chi connectivity index (χ0n) is 16.0. The van der Waals surface area contributed by atoms with Gasteiger partial charge in [-0.05, 0) is 44.5 Å². The number of benzene rings is 1. The van der Waals surface area contributed by atoms with Crippen LogP contribution in [0.2, 0.25) is 10.0 Å². The van der Waals surface area contributed by atoms with Crippen LogP contribution in [0.25, 0.3) is 0 Å². The Bertz CT molecular complexity index is 924. The van der Waals surface area contributed by atoms with Crippen molar-refractivity contribution in [3.63, 3.8) is 0 Å². The van der Waals surface area contributed by atoms with Gasteiger partial charge < -0.3 is 19.9 Å². The van der Waals surface area contributed by atoms with Crippen molar-refractivity contribution in [2.24, 2.45) is 0 Å². The topological polar surface area (TPSA) is 91.5 Å². The summed E-state index contributed by atoms with van der Waals surface area (Å²) in [6.07, 6.45) is 0. The number of nitrogens with one attached hydrogen (secondary N) is 2. The second-order valence-corrected chi connectivity index (χ2v) is 7.00. The molecule has 0 bridgehead atoms. The molecule has 1 aromatic heterocycles. The number of H-pyrrole nitrogens is 1. The largest absolute Gasteiger partial charge is 0.462 e. The van der Waals surface area contributed by atoms with E-state index in [4.69, 9.17) is 27.9 Å². The number of likely N-dealkylation sites (N-methyl/N-ethyl adjacent to an activating group) is 1. The summed E-state index contributed by atoms with van der Waals surface area (Å²) >= 11 is 11.8. The summed E-state index contributed by atoms with van der Waals surface area (Å²) in [6, 6.07) is 4.70. The number of aryl methyl sites for hydroxylation is 1. The number of rotatable bonds is 6. The standard InChI is InChI=1S/C19H21Cl2N3O4/c1-5-28-19(27)16-10(2)17(22-11(16)3)18(26)24(4)9-15(25)23-12-6-7-13(20)14(21)8-12/h6-8,22H,5,9H2,1-4H3,(H,23,25). The lowest BCUT2D eigenvalue weighted by Gasteiger charge is -2.17. The minimum atomic E-state index is -0.493. The molecule has 0 unspecified atom stereocenters. The molecule has 0 atom stereocenters. The highest BCUT2D eigenvalue weighted by Crippen LogP contribution is 2.25. The fraction of sp³-hybridized carbons (Fsp3) is 0.316. The average Bonchev–Trinajstić information content (AvgIpc) is 2.92. The molecule has 28 heavy (non-hydrogen) atoms. The van der Waals surface area contributed by atoms with Crippen LogP contribution in [0.15, 0.2) is 18.2 Å². The van der Waals surface area contributed by atoms with Crippen LogP contribution in [0.4, 0.5) is 5.69 Å². The molecule has 7 nitrogen and oxygen atoms in total. The molecule has 0 saturated carbocycles. The van der Waals surface area contributed by atoms with E-state index in [-0.39, 0.29) is 18.8 Å². The smallest absolute Gasteiger partial charge is 0.340 e. The number of esters is 1. The van der Waals surface area contributed by atoms with Crippen molar-refractivity contribution >= 4 is 46.7 Å². The minimum absolute atomic E-state index is 0.189. The molecule has 1 aromatic carbocycles. The number of aromatic nitrogens is 1. The number of aromatic amines is 1.